The first-order valence-corrected chi connectivity index (χ1v) is 8.10. The van der Waals surface area contributed by atoms with Gasteiger partial charge >= 0.3 is 0 Å². The van der Waals surface area contributed by atoms with Crippen LogP contribution in [0.25, 0.3) is 10.8 Å². The van der Waals surface area contributed by atoms with Crippen molar-refractivity contribution in [1.82, 2.24) is 15.0 Å². The molecule has 0 bridgehead atoms. The second-order valence-electron chi connectivity index (χ2n) is 5.70. The molecule has 1 amide bonds. The molecule has 1 unspecified atom stereocenters. The zero-order valence-corrected chi connectivity index (χ0v) is 13.8. The van der Waals surface area contributed by atoms with E-state index in [0.29, 0.717) is 34.8 Å². The summed E-state index contributed by atoms with van der Waals surface area (Å²) in [5.41, 5.74) is 0.164. The summed E-state index contributed by atoms with van der Waals surface area (Å²) in [6.45, 7) is 1.01. The van der Waals surface area contributed by atoms with Crippen molar-refractivity contribution in [3.63, 3.8) is 0 Å². The summed E-state index contributed by atoms with van der Waals surface area (Å²) in [6, 6.07) is 8.64. The van der Waals surface area contributed by atoms with Crippen LogP contribution < -0.4 is 0 Å². The van der Waals surface area contributed by atoms with Crippen molar-refractivity contribution in [2.24, 2.45) is 0 Å². The van der Waals surface area contributed by atoms with Crippen LogP contribution in [0.3, 0.4) is 0 Å². The number of hydrogen-bond donors (Lipinski definition) is 1. The molecular weight excluding hydrogens is 346 g/mol. The van der Waals surface area contributed by atoms with E-state index in [9.17, 15) is 9.90 Å². The van der Waals surface area contributed by atoms with Gasteiger partial charge in [-0.1, -0.05) is 41.0 Å². The number of morpholine rings is 1. The Balaban J connectivity index is 1.66. The standard InChI is InChI=1S/C17H14ClN3O4/c18-13-7-12(15(22)11-4-2-1-3-10(11)13)17(23)21-5-6-24-14(8-21)16-19-9-25-20-16/h1-4,7,9,14,22H,5-6,8H2. The summed E-state index contributed by atoms with van der Waals surface area (Å²) in [5, 5.41) is 16.0. The van der Waals surface area contributed by atoms with Crippen molar-refractivity contribution in [2.45, 2.75) is 6.10 Å². The van der Waals surface area contributed by atoms with Gasteiger partial charge in [-0.2, -0.15) is 4.98 Å². The average molecular weight is 360 g/mol. The Morgan fingerprint density at radius 2 is 2.12 bits per heavy atom. The van der Waals surface area contributed by atoms with Crippen LogP contribution in [-0.4, -0.2) is 45.8 Å². The zero-order valence-electron chi connectivity index (χ0n) is 13.1. The fourth-order valence-electron chi connectivity index (χ4n) is 2.96. The fraction of sp³-hybridized carbons (Fsp3) is 0.235. The molecule has 0 radical (unpaired) electrons. The van der Waals surface area contributed by atoms with Crippen LogP contribution in [-0.2, 0) is 4.74 Å². The Labute approximate surface area is 147 Å². The van der Waals surface area contributed by atoms with Crippen LogP contribution >= 0.6 is 11.6 Å². The van der Waals surface area contributed by atoms with Crippen LogP contribution in [0.5, 0.6) is 5.75 Å². The lowest BCUT2D eigenvalue weighted by Gasteiger charge is -2.31. The third-order valence-corrected chi connectivity index (χ3v) is 4.53. The van der Waals surface area contributed by atoms with Gasteiger partial charge in [0.1, 0.15) is 11.9 Å². The molecule has 1 aliphatic heterocycles. The van der Waals surface area contributed by atoms with Gasteiger partial charge in [0.15, 0.2) is 0 Å². The summed E-state index contributed by atoms with van der Waals surface area (Å²) < 4.78 is 10.3. The van der Waals surface area contributed by atoms with Crippen molar-refractivity contribution in [3.05, 3.63) is 53.1 Å². The lowest BCUT2D eigenvalue weighted by molar-refractivity contribution is -0.0277. The summed E-state index contributed by atoms with van der Waals surface area (Å²) >= 11 is 6.29. The number of aromatic hydroxyl groups is 1. The summed E-state index contributed by atoms with van der Waals surface area (Å²) in [5.74, 6) is -0.00665. The van der Waals surface area contributed by atoms with Crippen molar-refractivity contribution in [2.75, 3.05) is 19.7 Å². The van der Waals surface area contributed by atoms with Crippen LogP contribution in [0.2, 0.25) is 5.02 Å². The molecule has 0 aliphatic carbocycles. The SMILES string of the molecule is O=C(c1cc(Cl)c2ccccc2c1O)N1CCOC(c2ncon2)C1. The second-order valence-corrected chi connectivity index (χ2v) is 6.11. The fourth-order valence-corrected chi connectivity index (χ4v) is 3.23. The predicted molar refractivity (Wildman–Crippen MR) is 89.5 cm³/mol. The quantitative estimate of drug-likeness (QED) is 0.756. The number of aromatic nitrogens is 2. The Hall–Kier alpha value is -2.64. The Morgan fingerprint density at radius 3 is 2.88 bits per heavy atom. The first-order chi connectivity index (χ1) is 12.1. The van der Waals surface area contributed by atoms with E-state index in [1.165, 1.54) is 12.5 Å². The minimum atomic E-state index is -0.463. The van der Waals surface area contributed by atoms with Gasteiger partial charge in [-0.15, -0.1) is 0 Å². The highest BCUT2D eigenvalue weighted by Gasteiger charge is 2.30. The smallest absolute Gasteiger partial charge is 0.257 e. The topological polar surface area (TPSA) is 88.7 Å². The number of benzene rings is 2. The normalized spacial score (nSPS) is 17.8. The summed E-state index contributed by atoms with van der Waals surface area (Å²) in [7, 11) is 0. The molecule has 1 N–H and O–H groups in total. The van der Waals surface area contributed by atoms with Crippen LogP contribution in [0, 0.1) is 0 Å². The molecule has 0 saturated carbocycles. The molecule has 8 heteroatoms. The number of rotatable bonds is 2. The highest BCUT2D eigenvalue weighted by atomic mass is 35.5. The van der Waals surface area contributed by atoms with E-state index in [1.807, 2.05) is 6.07 Å². The lowest BCUT2D eigenvalue weighted by Crippen LogP contribution is -2.42. The lowest BCUT2D eigenvalue weighted by atomic mass is 10.0. The number of nitrogens with zero attached hydrogens (tertiary/aromatic N) is 3. The van der Waals surface area contributed by atoms with Gasteiger partial charge < -0.3 is 19.3 Å². The second kappa shape index (κ2) is 6.34. The number of amides is 1. The van der Waals surface area contributed by atoms with Crippen molar-refractivity contribution < 1.29 is 19.2 Å². The first-order valence-electron chi connectivity index (χ1n) is 7.72. The van der Waals surface area contributed by atoms with E-state index in [2.05, 4.69) is 10.1 Å². The van der Waals surface area contributed by atoms with Gasteiger partial charge in [0, 0.05) is 22.3 Å². The molecule has 1 aliphatic rings. The van der Waals surface area contributed by atoms with Gasteiger partial charge in [-0.25, -0.2) is 0 Å². The number of phenolic OH excluding ortho intramolecular Hbond substituents is 1. The summed E-state index contributed by atoms with van der Waals surface area (Å²) in [4.78, 5) is 18.5. The largest absolute Gasteiger partial charge is 0.506 e. The third kappa shape index (κ3) is 2.81. The van der Waals surface area contributed by atoms with Crippen LogP contribution in [0.4, 0.5) is 0 Å². The van der Waals surface area contributed by atoms with Gasteiger partial charge in [-0.05, 0) is 6.07 Å². The van der Waals surface area contributed by atoms with E-state index in [4.69, 9.17) is 20.9 Å². The van der Waals surface area contributed by atoms with Gasteiger partial charge in [-0.3, -0.25) is 4.79 Å². The number of hydrogen-bond acceptors (Lipinski definition) is 6. The molecule has 7 nitrogen and oxygen atoms in total. The minimum Gasteiger partial charge on any atom is -0.506 e. The monoisotopic (exact) mass is 359 g/mol. The highest BCUT2D eigenvalue weighted by molar-refractivity contribution is 6.36. The van der Waals surface area contributed by atoms with Gasteiger partial charge in [0.2, 0.25) is 12.2 Å². The molecule has 25 heavy (non-hydrogen) atoms. The van der Waals surface area contributed by atoms with Crippen LogP contribution in [0.1, 0.15) is 22.3 Å². The van der Waals surface area contributed by atoms with Crippen molar-refractivity contribution >= 4 is 28.3 Å². The van der Waals surface area contributed by atoms with E-state index in [0.717, 1.165) is 0 Å². The van der Waals surface area contributed by atoms with Crippen molar-refractivity contribution in [1.29, 1.82) is 0 Å². The molecule has 2 aromatic carbocycles. The molecule has 3 aromatic rings. The number of carbonyl (C=O) groups is 1. The predicted octanol–water partition coefficient (Wildman–Crippen LogP) is 2.80. The van der Waals surface area contributed by atoms with Crippen LogP contribution in [0.15, 0.2) is 41.2 Å². The Morgan fingerprint density at radius 1 is 1.32 bits per heavy atom. The molecule has 1 fully saturated rings. The average Bonchev–Trinajstić information content (AvgIpc) is 3.19. The van der Waals surface area contributed by atoms with E-state index >= 15 is 0 Å². The molecule has 1 saturated heterocycles. The molecule has 1 atom stereocenters. The number of ether oxygens (including phenoxy) is 1. The molecule has 4 rings (SSSR count). The number of carbonyl (C=O) groups excluding carboxylic acids is 1. The first kappa shape index (κ1) is 15.9. The minimum absolute atomic E-state index is 0.0763. The number of phenols is 1. The maximum atomic E-state index is 12.9. The molecule has 1 aromatic heterocycles. The van der Waals surface area contributed by atoms with E-state index in [-0.39, 0.29) is 23.8 Å². The van der Waals surface area contributed by atoms with E-state index in [1.54, 1.807) is 23.1 Å². The van der Waals surface area contributed by atoms with Crippen molar-refractivity contribution in [3.8, 4) is 5.75 Å². The zero-order chi connectivity index (χ0) is 17.4. The Bertz CT molecular complexity index is 929. The maximum absolute atomic E-state index is 12.9. The number of halogens is 1. The maximum Gasteiger partial charge on any atom is 0.257 e. The molecule has 0 spiro atoms. The third-order valence-electron chi connectivity index (χ3n) is 4.22. The Kier molecular flexibility index (Phi) is 4.03. The number of fused-ring (bicyclic) bond motifs is 1. The van der Waals surface area contributed by atoms with E-state index < -0.39 is 6.10 Å². The molecule has 2 heterocycles. The molecule has 128 valence electrons. The highest BCUT2D eigenvalue weighted by Crippen LogP contribution is 2.35. The molecular formula is C17H14ClN3O4. The summed E-state index contributed by atoms with van der Waals surface area (Å²) in [6.07, 6.45) is 0.753. The van der Waals surface area contributed by atoms with Gasteiger partial charge in [0.05, 0.1) is 18.7 Å². The van der Waals surface area contributed by atoms with Gasteiger partial charge in [0.25, 0.3) is 5.91 Å².